The molecular formula is C27H29Cl2N3O4S. The van der Waals surface area contributed by atoms with Crippen LogP contribution in [0.1, 0.15) is 25.0 Å². The van der Waals surface area contributed by atoms with Crippen LogP contribution >= 0.6 is 23.2 Å². The Balaban J connectivity index is 2.06. The van der Waals surface area contributed by atoms with Crippen LogP contribution in [0.25, 0.3) is 0 Å². The van der Waals surface area contributed by atoms with E-state index >= 15 is 0 Å². The van der Waals surface area contributed by atoms with Gasteiger partial charge in [-0.25, -0.2) is 8.42 Å². The van der Waals surface area contributed by atoms with Gasteiger partial charge in [0.05, 0.1) is 10.6 Å². The Morgan fingerprint density at radius 1 is 0.946 bits per heavy atom. The Morgan fingerprint density at radius 3 is 2.22 bits per heavy atom. The summed E-state index contributed by atoms with van der Waals surface area (Å²) in [5.41, 5.74) is 1.53. The molecule has 3 aromatic carbocycles. The predicted octanol–water partition coefficient (Wildman–Crippen LogP) is 5.05. The first-order valence-corrected chi connectivity index (χ1v) is 13.9. The summed E-state index contributed by atoms with van der Waals surface area (Å²) in [7, 11) is -4.15. The summed E-state index contributed by atoms with van der Waals surface area (Å²) in [4.78, 5) is 27.9. The summed E-state index contributed by atoms with van der Waals surface area (Å²) in [5, 5.41) is 3.63. The number of anilines is 1. The highest BCUT2D eigenvalue weighted by Gasteiger charge is 2.33. The molecule has 0 aliphatic heterocycles. The number of halogens is 2. The summed E-state index contributed by atoms with van der Waals surface area (Å²) in [6.45, 7) is 5.03. The Bertz CT molecular complexity index is 1350. The third-order valence-corrected chi connectivity index (χ3v) is 8.34. The normalized spacial score (nSPS) is 12.0. The summed E-state index contributed by atoms with van der Waals surface area (Å²) in [5.74, 6) is -0.895. The van der Waals surface area contributed by atoms with Gasteiger partial charge < -0.3 is 10.2 Å². The Labute approximate surface area is 228 Å². The molecule has 0 aromatic heterocycles. The van der Waals surface area contributed by atoms with Gasteiger partial charge in [0.1, 0.15) is 12.6 Å². The zero-order valence-electron chi connectivity index (χ0n) is 20.8. The molecule has 0 heterocycles. The SMILES string of the molecule is CCNC(=O)C(C)N(Cc1ccc(Cl)cc1)C(=O)CN(c1cccc(Cl)c1C)S(=O)(=O)c1ccccc1. The van der Waals surface area contributed by atoms with E-state index in [1.54, 1.807) is 81.4 Å². The lowest BCUT2D eigenvalue weighted by atomic mass is 10.1. The van der Waals surface area contributed by atoms with E-state index in [1.165, 1.54) is 17.0 Å². The highest BCUT2D eigenvalue weighted by Crippen LogP contribution is 2.31. The molecule has 1 atom stereocenters. The molecule has 0 saturated heterocycles. The molecule has 10 heteroatoms. The highest BCUT2D eigenvalue weighted by atomic mass is 35.5. The fraction of sp³-hybridized carbons (Fsp3) is 0.259. The van der Waals surface area contributed by atoms with Gasteiger partial charge in [-0.05, 0) is 68.3 Å². The first-order chi connectivity index (χ1) is 17.6. The van der Waals surface area contributed by atoms with E-state index in [0.29, 0.717) is 22.2 Å². The molecule has 196 valence electrons. The largest absolute Gasteiger partial charge is 0.355 e. The molecule has 0 bridgehead atoms. The van der Waals surface area contributed by atoms with E-state index in [2.05, 4.69) is 5.32 Å². The van der Waals surface area contributed by atoms with Gasteiger partial charge in [-0.2, -0.15) is 0 Å². The predicted molar refractivity (Wildman–Crippen MR) is 147 cm³/mol. The van der Waals surface area contributed by atoms with Crippen LogP contribution in [0.5, 0.6) is 0 Å². The lowest BCUT2D eigenvalue weighted by Gasteiger charge is -2.32. The van der Waals surface area contributed by atoms with Crippen LogP contribution < -0.4 is 9.62 Å². The second-order valence-corrected chi connectivity index (χ2v) is 11.1. The molecule has 37 heavy (non-hydrogen) atoms. The van der Waals surface area contributed by atoms with Crippen molar-refractivity contribution in [2.75, 3.05) is 17.4 Å². The minimum Gasteiger partial charge on any atom is -0.355 e. The van der Waals surface area contributed by atoms with Crippen LogP contribution in [-0.2, 0) is 26.2 Å². The highest BCUT2D eigenvalue weighted by molar-refractivity contribution is 7.92. The van der Waals surface area contributed by atoms with Crippen molar-refractivity contribution in [3.05, 3.63) is 94.0 Å². The molecular weight excluding hydrogens is 533 g/mol. The molecule has 0 spiro atoms. The zero-order chi connectivity index (χ0) is 27.2. The van der Waals surface area contributed by atoms with Crippen molar-refractivity contribution in [2.45, 2.75) is 38.3 Å². The van der Waals surface area contributed by atoms with Crippen LogP contribution in [0.4, 0.5) is 5.69 Å². The van der Waals surface area contributed by atoms with Gasteiger partial charge in [0.15, 0.2) is 0 Å². The number of carbonyl (C=O) groups is 2. The van der Waals surface area contributed by atoms with E-state index in [9.17, 15) is 18.0 Å². The van der Waals surface area contributed by atoms with Crippen molar-refractivity contribution in [3.8, 4) is 0 Å². The van der Waals surface area contributed by atoms with Gasteiger partial charge in [0, 0.05) is 23.1 Å². The van der Waals surface area contributed by atoms with Crippen molar-refractivity contribution in [3.63, 3.8) is 0 Å². The fourth-order valence-electron chi connectivity index (χ4n) is 3.79. The van der Waals surface area contributed by atoms with Crippen molar-refractivity contribution >= 4 is 50.7 Å². The number of carbonyl (C=O) groups excluding carboxylic acids is 2. The maximum Gasteiger partial charge on any atom is 0.264 e. The zero-order valence-corrected chi connectivity index (χ0v) is 23.1. The smallest absolute Gasteiger partial charge is 0.264 e. The molecule has 0 aliphatic rings. The van der Waals surface area contributed by atoms with Crippen LogP contribution in [0.2, 0.25) is 10.0 Å². The van der Waals surface area contributed by atoms with E-state index in [0.717, 1.165) is 9.87 Å². The van der Waals surface area contributed by atoms with E-state index in [1.807, 2.05) is 0 Å². The molecule has 7 nitrogen and oxygen atoms in total. The third kappa shape index (κ3) is 6.83. The standard InChI is InChI=1S/C27H29Cl2N3O4S/c1-4-30-27(34)20(3)31(17-21-13-15-22(28)16-14-21)26(33)18-32(25-12-8-11-24(29)19(25)2)37(35,36)23-9-6-5-7-10-23/h5-16,20H,4,17-18H2,1-3H3,(H,30,34). The number of amides is 2. The minimum atomic E-state index is -4.15. The number of nitrogens with zero attached hydrogens (tertiary/aromatic N) is 2. The van der Waals surface area contributed by atoms with Crippen LogP contribution in [0.15, 0.2) is 77.7 Å². The molecule has 1 N–H and O–H groups in total. The minimum absolute atomic E-state index is 0.0307. The Hall–Kier alpha value is -3.07. The number of hydrogen-bond acceptors (Lipinski definition) is 4. The first kappa shape index (κ1) is 28.5. The van der Waals surface area contributed by atoms with Gasteiger partial charge in [0.25, 0.3) is 10.0 Å². The van der Waals surface area contributed by atoms with Crippen molar-refractivity contribution in [1.29, 1.82) is 0 Å². The molecule has 3 aromatic rings. The molecule has 2 amide bonds. The molecule has 1 unspecified atom stereocenters. The topological polar surface area (TPSA) is 86.8 Å². The third-order valence-electron chi connectivity index (χ3n) is 5.90. The molecule has 0 saturated carbocycles. The average Bonchev–Trinajstić information content (AvgIpc) is 2.88. The lowest BCUT2D eigenvalue weighted by molar-refractivity contribution is -0.139. The van der Waals surface area contributed by atoms with Crippen molar-refractivity contribution < 1.29 is 18.0 Å². The van der Waals surface area contributed by atoms with Crippen LogP contribution in [-0.4, -0.2) is 44.3 Å². The van der Waals surface area contributed by atoms with Crippen molar-refractivity contribution in [2.24, 2.45) is 0 Å². The van der Waals surface area contributed by atoms with E-state index < -0.39 is 28.5 Å². The first-order valence-electron chi connectivity index (χ1n) is 11.7. The molecule has 0 fully saturated rings. The number of likely N-dealkylation sites (N-methyl/N-ethyl adjacent to an activating group) is 1. The fourth-order valence-corrected chi connectivity index (χ4v) is 5.58. The Morgan fingerprint density at radius 2 is 1.59 bits per heavy atom. The summed E-state index contributed by atoms with van der Waals surface area (Å²) in [6, 6.07) is 18.8. The monoisotopic (exact) mass is 561 g/mol. The summed E-state index contributed by atoms with van der Waals surface area (Å²) < 4.78 is 28.6. The quantitative estimate of drug-likeness (QED) is 0.375. The van der Waals surface area contributed by atoms with Crippen LogP contribution in [0, 0.1) is 6.92 Å². The second-order valence-electron chi connectivity index (χ2n) is 8.43. The lowest BCUT2D eigenvalue weighted by Crippen LogP contribution is -2.51. The summed E-state index contributed by atoms with van der Waals surface area (Å²) >= 11 is 12.3. The second kappa shape index (κ2) is 12.4. The average molecular weight is 563 g/mol. The molecule has 0 aliphatic carbocycles. The van der Waals surface area contributed by atoms with Gasteiger partial charge in [-0.3, -0.25) is 13.9 Å². The maximum absolute atomic E-state index is 13.8. The van der Waals surface area contributed by atoms with Crippen LogP contribution in [0.3, 0.4) is 0 Å². The number of rotatable bonds is 10. The van der Waals surface area contributed by atoms with Gasteiger partial charge >= 0.3 is 0 Å². The van der Waals surface area contributed by atoms with Gasteiger partial charge in [-0.15, -0.1) is 0 Å². The number of benzene rings is 3. The van der Waals surface area contributed by atoms with Gasteiger partial charge in [0.2, 0.25) is 11.8 Å². The van der Waals surface area contributed by atoms with Crippen molar-refractivity contribution in [1.82, 2.24) is 10.2 Å². The number of hydrogen-bond donors (Lipinski definition) is 1. The molecule has 3 rings (SSSR count). The Kier molecular flexibility index (Phi) is 9.59. The van der Waals surface area contributed by atoms with Gasteiger partial charge in [-0.1, -0.05) is 59.6 Å². The number of sulfonamides is 1. The molecule has 0 radical (unpaired) electrons. The number of nitrogens with one attached hydrogen (secondary N) is 1. The van der Waals surface area contributed by atoms with E-state index in [-0.39, 0.29) is 23.0 Å². The maximum atomic E-state index is 13.8. The summed E-state index contributed by atoms with van der Waals surface area (Å²) in [6.07, 6.45) is 0. The van der Waals surface area contributed by atoms with E-state index in [4.69, 9.17) is 23.2 Å².